The Morgan fingerprint density at radius 3 is 2.45 bits per heavy atom. The van der Waals surface area contributed by atoms with E-state index >= 15 is 0 Å². The molecule has 1 fully saturated rings. The SMILES string of the molecule is Cc1ccc(C(=O)NC2CC2)cc1-c1nc(N)c(C(=O)c2cc(Cl)cc(Cl)c2)[nH]1. The maximum atomic E-state index is 12.9. The van der Waals surface area contributed by atoms with Crippen LogP contribution in [-0.2, 0) is 0 Å². The van der Waals surface area contributed by atoms with E-state index in [4.69, 9.17) is 28.9 Å². The number of hydrogen-bond donors (Lipinski definition) is 3. The molecule has 2 aromatic carbocycles. The number of aryl methyl sites for hydroxylation is 1. The summed E-state index contributed by atoms with van der Waals surface area (Å²) < 4.78 is 0. The van der Waals surface area contributed by atoms with Gasteiger partial charge in [0.05, 0.1) is 0 Å². The monoisotopic (exact) mass is 428 g/mol. The van der Waals surface area contributed by atoms with Gasteiger partial charge in [0.2, 0.25) is 5.78 Å². The summed E-state index contributed by atoms with van der Waals surface area (Å²) in [6, 6.07) is 10.2. The fourth-order valence-electron chi connectivity index (χ4n) is 3.03. The van der Waals surface area contributed by atoms with Crippen molar-refractivity contribution in [1.82, 2.24) is 15.3 Å². The van der Waals surface area contributed by atoms with E-state index in [1.807, 2.05) is 13.0 Å². The van der Waals surface area contributed by atoms with Gasteiger partial charge in [-0.15, -0.1) is 0 Å². The van der Waals surface area contributed by atoms with Gasteiger partial charge >= 0.3 is 0 Å². The van der Waals surface area contributed by atoms with Gasteiger partial charge in [-0.05, 0) is 55.7 Å². The van der Waals surface area contributed by atoms with Crippen molar-refractivity contribution in [3.8, 4) is 11.4 Å². The number of rotatable bonds is 5. The van der Waals surface area contributed by atoms with Crippen LogP contribution in [0, 0.1) is 6.92 Å². The molecular weight excluding hydrogens is 411 g/mol. The number of nitrogen functional groups attached to an aromatic ring is 1. The largest absolute Gasteiger partial charge is 0.382 e. The Morgan fingerprint density at radius 2 is 1.79 bits per heavy atom. The van der Waals surface area contributed by atoms with Gasteiger partial charge in [0.1, 0.15) is 11.5 Å². The Bertz CT molecular complexity index is 1120. The van der Waals surface area contributed by atoms with Crippen LogP contribution in [0.4, 0.5) is 5.82 Å². The Kier molecular flexibility index (Phi) is 5.06. The van der Waals surface area contributed by atoms with Crippen LogP contribution in [-0.4, -0.2) is 27.7 Å². The number of benzene rings is 2. The average Bonchev–Trinajstić information content (AvgIpc) is 3.39. The highest BCUT2D eigenvalue weighted by Crippen LogP contribution is 2.28. The number of hydrogen-bond acceptors (Lipinski definition) is 4. The third-order valence-corrected chi connectivity index (χ3v) is 5.19. The second kappa shape index (κ2) is 7.54. The molecule has 29 heavy (non-hydrogen) atoms. The summed E-state index contributed by atoms with van der Waals surface area (Å²) >= 11 is 12.0. The highest BCUT2D eigenvalue weighted by molar-refractivity contribution is 6.35. The number of amides is 1. The Labute approximate surface area is 177 Å². The quantitative estimate of drug-likeness (QED) is 0.524. The van der Waals surface area contributed by atoms with Crippen molar-refractivity contribution in [3.63, 3.8) is 0 Å². The smallest absolute Gasteiger partial charge is 0.251 e. The molecule has 148 valence electrons. The first kappa shape index (κ1) is 19.5. The number of ketones is 1. The summed E-state index contributed by atoms with van der Waals surface area (Å²) in [4.78, 5) is 32.5. The first-order valence-electron chi connectivity index (χ1n) is 9.10. The predicted octanol–water partition coefficient (Wildman–Crippen LogP) is 4.40. The van der Waals surface area contributed by atoms with Crippen LogP contribution in [0.3, 0.4) is 0 Å². The molecule has 4 rings (SSSR count). The van der Waals surface area contributed by atoms with E-state index in [1.54, 1.807) is 18.2 Å². The van der Waals surface area contributed by atoms with Gasteiger partial charge in [-0.25, -0.2) is 4.98 Å². The van der Waals surface area contributed by atoms with E-state index in [1.165, 1.54) is 12.1 Å². The minimum absolute atomic E-state index is 0.0633. The number of halogens is 2. The van der Waals surface area contributed by atoms with E-state index in [0.29, 0.717) is 32.6 Å². The molecule has 0 unspecified atom stereocenters. The van der Waals surface area contributed by atoms with Crippen molar-refractivity contribution in [2.75, 3.05) is 5.73 Å². The highest BCUT2D eigenvalue weighted by Gasteiger charge is 2.24. The average molecular weight is 429 g/mol. The van der Waals surface area contributed by atoms with Gasteiger partial charge in [-0.1, -0.05) is 29.3 Å². The molecule has 1 aromatic heterocycles. The molecule has 0 saturated heterocycles. The zero-order valence-electron chi connectivity index (χ0n) is 15.6. The van der Waals surface area contributed by atoms with Crippen LogP contribution in [0.15, 0.2) is 36.4 Å². The maximum Gasteiger partial charge on any atom is 0.251 e. The molecule has 0 atom stereocenters. The van der Waals surface area contributed by atoms with Gasteiger partial charge in [-0.2, -0.15) is 0 Å². The molecule has 0 spiro atoms. The van der Waals surface area contributed by atoms with Gasteiger partial charge < -0.3 is 16.0 Å². The number of anilines is 1. The lowest BCUT2D eigenvalue weighted by molar-refractivity contribution is 0.0950. The Balaban J connectivity index is 1.68. The van der Waals surface area contributed by atoms with Crippen LogP contribution in [0.25, 0.3) is 11.4 Å². The number of aromatic amines is 1. The molecule has 6 nitrogen and oxygen atoms in total. The van der Waals surface area contributed by atoms with E-state index in [0.717, 1.165) is 18.4 Å². The van der Waals surface area contributed by atoms with Crippen molar-refractivity contribution >= 4 is 40.7 Å². The molecular formula is C21H18Cl2N4O2. The molecule has 1 aliphatic carbocycles. The number of nitrogens with zero attached hydrogens (tertiary/aromatic N) is 1. The van der Waals surface area contributed by atoms with Gasteiger partial charge in [0.15, 0.2) is 5.82 Å². The first-order chi connectivity index (χ1) is 13.8. The number of aromatic nitrogens is 2. The third kappa shape index (κ3) is 4.13. The number of imidazole rings is 1. The number of carbonyl (C=O) groups excluding carboxylic acids is 2. The number of carbonyl (C=O) groups is 2. The van der Waals surface area contributed by atoms with Crippen molar-refractivity contribution in [2.24, 2.45) is 0 Å². The van der Waals surface area contributed by atoms with E-state index < -0.39 is 0 Å². The van der Waals surface area contributed by atoms with Crippen LogP contribution in [0.1, 0.15) is 44.8 Å². The van der Waals surface area contributed by atoms with Crippen LogP contribution >= 0.6 is 23.2 Å². The minimum atomic E-state index is -0.370. The summed E-state index contributed by atoms with van der Waals surface area (Å²) in [6.45, 7) is 1.90. The Morgan fingerprint density at radius 1 is 1.10 bits per heavy atom. The van der Waals surface area contributed by atoms with Crippen LogP contribution in [0.5, 0.6) is 0 Å². The topological polar surface area (TPSA) is 101 Å². The summed E-state index contributed by atoms with van der Waals surface area (Å²) in [5, 5.41) is 3.66. The fourth-order valence-corrected chi connectivity index (χ4v) is 3.56. The van der Waals surface area contributed by atoms with Crippen LogP contribution in [0.2, 0.25) is 10.0 Å². The van der Waals surface area contributed by atoms with Crippen LogP contribution < -0.4 is 11.1 Å². The molecule has 0 bridgehead atoms. The van der Waals surface area contributed by atoms with Crippen molar-refractivity contribution < 1.29 is 9.59 Å². The normalized spacial score (nSPS) is 13.3. The van der Waals surface area contributed by atoms with E-state index in [9.17, 15) is 9.59 Å². The summed E-state index contributed by atoms with van der Waals surface area (Å²) in [7, 11) is 0. The minimum Gasteiger partial charge on any atom is -0.382 e. The lowest BCUT2D eigenvalue weighted by Gasteiger charge is -2.07. The van der Waals surface area contributed by atoms with Gasteiger partial charge in [0, 0.05) is 32.8 Å². The fraction of sp³-hybridized carbons (Fsp3) is 0.190. The second-order valence-electron chi connectivity index (χ2n) is 7.11. The highest BCUT2D eigenvalue weighted by atomic mass is 35.5. The zero-order valence-corrected chi connectivity index (χ0v) is 17.1. The third-order valence-electron chi connectivity index (χ3n) is 4.75. The lowest BCUT2D eigenvalue weighted by Crippen LogP contribution is -2.25. The molecule has 8 heteroatoms. The lowest BCUT2D eigenvalue weighted by atomic mass is 10.0. The summed E-state index contributed by atoms with van der Waals surface area (Å²) in [5.41, 5.74) is 8.58. The molecule has 0 aliphatic heterocycles. The summed E-state index contributed by atoms with van der Waals surface area (Å²) in [6.07, 6.45) is 2.02. The molecule has 4 N–H and O–H groups in total. The van der Waals surface area contributed by atoms with Gasteiger partial charge in [-0.3, -0.25) is 9.59 Å². The molecule has 1 aliphatic rings. The molecule has 3 aromatic rings. The first-order valence-corrected chi connectivity index (χ1v) is 9.85. The standard InChI is InChI=1S/C21H18Cl2N4O2/c1-10-2-3-11(21(29)25-15-4-5-15)8-16(10)20-26-17(19(24)27-20)18(28)12-6-13(22)9-14(23)7-12/h2-3,6-9,15H,4-5,24H2,1H3,(H,25,29)(H,26,27). The number of H-pyrrole nitrogens is 1. The van der Waals surface area contributed by atoms with Gasteiger partial charge in [0.25, 0.3) is 5.91 Å². The number of nitrogens with one attached hydrogen (secondary N) is 2. The maximum absolute atomic E-state index is 12.9. The predicted molar refractivity (Wildman–Crippen MR) is 114 cm³/mol. The van der Waals surface area contributed by atoms with Crippen molar-refractivity contribution in [1.29, 1.82) is 0 Å². The van der Waals surface area contributed by atoms with E-state index in [-0.39, 0.29) is 29.2 Å². The van der Waals surface area contributed by atoms with Crippen molar-refractivity contribution in [2.45, 2.75) is 25.8 Å². The molecule has 1 amide bonds. The second-order valence-corrected chi connectivity index (χ2v) is 7.98. The Hall–Kier alpha value is -2.83. The molecule has 0 radical (unpaired) electrons. The van der Waals surface area contributed by atoms with Crippen molar-refractivity contribution in [3.05, 3.63) is 68.8 Å². The molecule has 1 heterocycles. The molecule has 1 saturated carbocycles. The zero-order chi connectivity index (χ0) is 20.7. The van der Waals surface area contributed by atoms with E-state index in [2.05, 4.69) is 15.3 Å². The summed E-state index contributed by atoms with van der Waals surface area (Å²) in [5.74, 6) is -0.0186. The number of nitrogens with two attached hydrogens (primary N) is 1.